The van der Waals surface area contributed by atoms with Crippen LogP contribution in [0.5, 0.6) is 5.88 Å². The highest BCUT2D eigenvalue weighted by Crippen LogP contribution is 2.20. The molecule has 5 nitrogen and oxygen atoms in total. The van der Waals surface area contributed by atoms with Crippen molar-refractivity contribution < 1.29 is 4.74 Å². The molecular weight excluding hydrogens is 240 g/mol. The van der Waals surface area contributed by atoms with Gasteiger partial charge in [-0.05, 0) is 32.7 Å². The molecule has 0 unspecified atom stereocenters. The molecule has 0 aliphatic rings. The first kappa shape index (κ1) is 15.7. The number of anilines is 1. The highest BCUT2D eigenvalue weighted by atomic mass is 16.5. The maximum Gasteiger partial charge on any atom is 0.228 e. The molecular formula is C14H26N4O. The van der Waals surface area contributed by atoms with Crippen molar-refractivity contribution in [2.24, 2.45) is 11.1 Å². The van der Waals surface area contributed by atoms with Crippen molar-refractivity contribution in [2.75, 3.05) is 25.0 Å². The lowest BCUT2D eigenvalue weighted by molar-refractivity contribution is 0.232. The average molecular weight is 266 g/mol. The largest absolute Gasteiger partial charge is 0.475 e. The fourth-order valence-electron chi connectivity index (χ4n) is 1.77. The zero-order chi connectivity index (χ0) is 14.6. The molecule has 0 aromatic carbocycles. The molecule has 2 N–H and O–H groups in total. The molecule has 1 aromatic heterocycles. The third-order valence-electron chi connectivity index (χ3n) is 2.73. The first-order chi connectivity index (χ1) is 8.73. The van der Waals surface area contributed by atoms with Crippen molar-refractivity contribution in [1.82, 2.24) is 9.97 Å². The van der Waals surface area contributed by atoms with Crippen LogP contribution in [0.4, 0.5) is 5.95 Å². The van der Waals surface area contributed by atoms with Gasteiger partial charge in [-0.1, -0.05) is 13.8 Å². The second-order valence-corrected chi connectivity index (χ2v) is 6.04. The van der Waals surface area contributed by atoms with Gasteiger partial charge < -0.3 is 15.4 Å². The summed E-state index contributed by atoms with van der Waals surface area (Å²) in [5, 5.41) is 0. The van der Waals surface area contributed by atoms with E-state index in [0.717, 1.165) is 12.2 Å². The molecule has 1 rings (SSSR count). The smallest absolute Gasteiger partial charge is 0.228 e. The van der Waals surface area contributed by atoms with E-state index in [-0.39, 0.29) is 11.5 Å². The molecule has 0 saturated heterocycles. The molecule has 1 aromatic rings. The van der Waals surface area contributed by atoms with Crippen LogP contribution in [0.15, 0.2) is 6.07 Å². The van der Waals surface area contributed by atoms with Crippen molar-refractivity contribution in [3.8, 4) is 5.88 Å². The Balaban J connectivity index is 2.90. The van der Waals surface area contributed by atoms with E-state index in [1.165, 1.54) is 0 Å². The molecule has 108 valence electrons. The van der Waals surface area contributed by atoms with Crippen molar-refractivity contribution in [1.29, 1.82) is 0 Å². The average Bonchev–Trinajstić information content (AvgIpc) is 2.26. The number of nitrogens with zero attached hydrogens (tertiary/aromatic N) is 3. The van der Waals surface area contributed by atoms with Gasteiger partial charge in [-0.15, -0.1) is 0 Å². The van der Waals surface area contributed by atoms with E-state index < -0.39 is 0 Å². The molecule has 5 heteroatoms. The van der Waals surface area contributed by atoms with Crippen molar-refractivity contribution >= 4 is 5.95 Å². The lowest BCUT2D eigenvalue weighted by atomic mass is 9.93. The summed E-state index contributed by atoms with van der Waals surface area (Å²) in [6, 6.07) is 1.85. The summed E-state index contributed by atoms with van der Waals surface area (Å²) in [5.74, 6) is 1.30. The van der Waals surface area contributed by atoms with Gasteiger partial charge >= 0.3 is 0 Å². The van der Waals surface area contributed by atoms with Gasteiger partial charge in [0.15, 0.2) is 0 Å². The molecule has 0 atom stereocenters. The molecule has 0 amide bonds. The molecule has 0 aliphatic carbocycles. The first-order valence-corrected chi connectivity index (χ1v) is 6.67. The van der Waals surface area contributed by atoms with Gasteiger partial charge in [0.05, 0.1) is 6.10 Å². The Hall–Kier alpha value is -1.36. The Morgan fingerprint density at radius 2 is 2.00 bits per heavy atom. The Kier molecular flexibility index (Phi) is 5.11. The predicted molar refractivity (Wildman–Crippen MR) is 78.6 cm³/mol. The molecule has 0 aliphatic heterocycles. The third kappa shape index (κ3) is 5.03. The summed E-state index contributed by atoms with van der Waals surface area (Å²) in [4.78, 5) is 10.9. The number of nitrogens with two attached hydrogens (primary N) is 1. The van der Waals surface area contributed by atoms with E-state index in [2.05, 4.69) is 23.8 Å². The van der Waals surface area contributed by atoms with Gasteiger partial charge in [0, 0.05) is 25.4 Å². The lowest BCUT2D eigenvalue weighted by Gasteiger charge is -2.29. The molecule has 0 fully saturated rings. The molecule has 0 radical (unpaired) electrons. The first-order valence-electron chi connectivity index (χ1n) is 6.67. The molecule has 1 heterocycles. The normalized spacial score (nSPS) is 11.8. The standard InChI is InChI=1S/C14H26N4O/c1-10(2)19-12-7-11(3)16-13(17-12)18(6)9-14(4,5)8-15/h7,10H,8-9,15H2,1-6H3. The maximum atomic E-state index is 5.77. The highest BCUT2D eigenvalue weighted by molar-refractivity contribution is 5.33. The van der Waals surface area contributed by atoms with Crippen LogP contribution < -0.4 is 15.4 Å². The molecule has 0 spiro atoms. The minimum atomic E-state index is 0.0287. The summed E-state index contributed by atoms with van der Waals surface area (Å²) < 4.78 is 5.64. The van der Waals surface area contributed by atoms with Crippen LogP contribution in [0.2, 0.25) is 0 Å². The number of hydrogen-bond acceptors (Lipinski definition) is 5. The number of hydrogen-bond donors (Lipinski definition) is 1. The second-order valence-electron chi connectivity index (χ2n) is 6.04. The number of aromatic nitrogens is 2. The summed E-state index contributed by atoms with van der Waals surface area (Å²) in [6.07, 6.45) is 0.105. The van der Waals surface area contributed by atoms with Crippen LogP contribution in [0.1, 0.15) is 33.4 Å². The summed E-state index contributed by atoms with van der Waals surface area (Å²) >= 11 is 0. The quantitative estimate of drug-likeness (QED) is 0.853. The van der Waals surface area contributed by atoms with E-state index in [1.54, 1.807) is 0 Å². The SMILES string of the molecule is Cc1cc(OC(C)C)nc(N(C)CC(C)(C)CN)n1. The van der Waals surface area contributed by atoms with E-state index >= 15 is 0 Å². The molecule has 0 bridgehead atoms. The Labute approximate surface area is 116 Å². The number of rotatable bonds is 6. The van der Waals surface area contributed by atoms with Crippen LogP contribution in [0, 0.1) is 12.3 Å². The van der Waals surface area contributed by atoms with Crippen LogP contribution in [-0.4, -0.2) is 36.2 Å². The summed E-state index contributed by atoms with van der Waals surface area (Å²) in [5.41, 5.74) is 6.70. The zero-order valence-electron chi connectivity index (χ0n) is 12.9. The van der Waals surface area contributed by atoms with Crippen LogP contribution in [-0.2, 0) is 0 Å². The van der Waals surface area contributed by atoms with E-state index in [1.807, 2.05) is 38.8 Å². The van der Waals surface area contributed by atoms with Gasteiger partial charge in [0.1, 0.15) is 0 Å². The van der Waals surface area contributed by atoms with Gasteiger partial charge in [0.2, 0.25) is 11.8 Å². The summed E-state index contributed by atoms with van der Waals surface area (Å²) in [7, 11) is 1.98. The van der Waals surface area contributed by atoms with Gasteiger partial charge in [-0.25, -0.2) is 4.98 Å². The van der Waals surface area contributed by atoms with Crippen LogP contribution in [0.25, 0.3) is 0 Å². The van der Waals surface area contributed by atoms with E-state index in [0.29, 0.717) is 18.4 Å². The predicted octanol–water partition coefficient (Wildman–Crippen LogP) is 1.99. The van der Waals surface area contributed by atoms with Crippen molar-refractivity contribution in [3.63, 3.8) is 0 Å². The Morgan fingerprint density at radius 3 is 2.53 bits per heavy atom. The van der Waals surface area contributed by atoms with Crippen LogP contribution in [0.3, 0.4) is 0 Å². The minimum Gasteiger partial charge on any atom is -0.475 e. The minimum absolute atomic E-state index is 0.0287. The topological polar surface area (TPSA) is 64.3 Å². The second kappa shape index (κ2) is 6.19. The van der Waals surface area contributed by atoms with Crippen LogP contribution >= 0.6 is 0 Å². The molecule has 19 heavy (non-hydrogen) atoms. The van der Waals surface area contributed by atoms with E-state index in [4.69, 9.17) is 10.5 Å². The lowest BCUT2D eigenvalue weighted by Crippen LogP contribution is -2.37. The van der Waals surface area contributed by atoms with Crippen molar-refractivity contribution in [2.45, 2.75) is 40.7 Å². The highest BCUT2D eigenvalue weighted by Gasteiger charge is 2.20. The number of aryl methyl sites for hydroxylation is 1. The molecule has 0 saturated carbocycles. The van der Waals surface area contributed by atoms with Crippen molar-refractivity contribution in [3.05, 3.63) is 11.8 Å². The monoisotopic (exact) mass is 266 g/mol. The van der Waals surface area contributed by atoms with E-state index in [9.17, 15) is 0 Å². The maximum absolute atomic E-state index is 5.77. The fourth-order valence-corrected chi connectivity index (χ4v) is 1.77. The zero-order valence-corrected chi connectivity index (χ0v) is 12.9. The van der Waals surface area contributed by atoms with Gasteiger partial charge in [-0.3, -0.25) is 0 Å². The Morgan fingerprint density at radius 1 is 1.37 bits per heavy atom. The van der Waals surface area contributed by atoms with Gasteiger partial charge in [0.25, 0.3) is 0 Å². The Bertz CT molecular complexity index is 418. The fraction of sp³-hybridized carbons (Fsp3) is 0.714. The van der Waals surface area contributed by atoms with Gasteiger partial charge in [-0.2, -0.15) is 4.98 Å². The number of ether oxygens (including phenoxy) is 1. The summed E-state index contributed by atoms with van der Waals surface area (Å²) in [6.45, 7) is 11.6. The third-order valence-corrected chi connectivity index (χ3v) is 2.73.